The minimum absolute atomic E-state index is 0.225. The second-order valence-corrected chi connectivity index (χ2v) is 5.27. The Morgan fingerprint density at radius 3 is 2.53 bits per heavy atom. The second-order valence-electron chi connectivity index (χ2n) is 4.84. The number of amides is 1. The highest BCUT2D eigenvalue weighted by Crippen LogP contribution is 2.20. The lowest BCUT2D eigenvalue weighted by molar-refractivity contribution is -0.134. The molecule has 4 nitrogen and oxygen atoms in total. The molecule has 0 fully saturated rings. The maximum atomic E-state index is 12.0. The molecule has 1 unspecified atom stereocenters. The first-order chi connectivity index (χ1) is 8.85. The first-order valence-electron chi connectivity index (χ1n) is 6.26. The molecule has 5 heteroatoms. The molecule has 106 valence electrons. The van der Waals surface area contributed by atoms with Gasteiger partial charge in [0.15, 0.2) is 5.60 Å². The zero-order valence-corrected chi connectivity index (χ0v) is 12.2. The van der Waals surface area contributed by atoms with Crippen LogP contribution in [0.2, 0.25) is 5.02 Å². The number of aliphatic hydroxyl groups is 1. The number of benzene rings is 1. The normalized spacial score (nSPS) is 12.9. The van der Waals surface area contributed by atoms with Crippen molar-refractivity contribution in [2.24, 2.45) is 0 Å². The number of halogens is 1. The number of carbonyl (C=O) groups excluding carboxylic acids is 1. The maximum absolute atomic E-state index is 12.0. The molecule has 1 aromatic carbocycles. The highest BCUT2D eigenvalue weighted by Gasteiger charge is 2.29. The molecule has 1 rings (SSSR count). The Kier molecular flexibility index (Phi) is 5.63. The smallest absolute Gasteiger partial charge is 0.263 e. The third-order valence-corrected chi connectivity index (χ3v) is 2.95. The molecule has 1 aromatic rings. The summed E-state index contributed by atoms with van der Waals surface area (Å²) in [4.78, 5) is 12.0. The van der Waals surface area contributed by atoms with E-state index in [0.29, 0.717) is 17.2 Å². The summed E-state index contributed by atoms with van der Waals surface area (Å²) in [6.45, 7) is 5.43. The number of ether oxygens (including phenoxy) is 1. The van der Waals surface area contributed by atoms with E-state index in [2.05, 4.69) is 5.32 Å². The number of aliphatic hydroxyl groups excluding tert-OH is 1. The van der Waals surface area contributed by atoms with E-state index in [-0.39, 0.29) is 12.5 Å². The molecule has 0 saturated heterocycles. The summed E-state index contributed by atoms with van der Waals surface area (Å²) >= 11 is 5.78. The van der Waals surface area contributed by atoms with Crippen LogP contribution in [0, 0.1) is 0 Å². The van der Waals surface area contributed by atoms with Crippen LogP contribution >= 0.6 is 11.6 Å². The van der Waals surface area contributed by atoms with E-state index < -0.39 is 11.7 Å². The molecule has 0 spiro atoms. The molecule has 0 aliphatic heterocycles. The second kappa shape index (κ2) is 6.78. The Labute approximate surface area is 118 Å². The Hall–Kier alpha value is -1.26. The zero-order valence-electron chi connectivity index (χ0n) is 11.4. The van der Waals surface area contributed by atoms with Crippen molar-refractivity contribution in [3.8, 4) is 5.75 Å². The molecule has 0 aliphatic carbocycles. The summed E-state index contributed by atoms with van der Waals surface area (Å²) in [5, 5.41) is 12.7. The molecule has 0 saturated carbocycles. The highest BCUT2D eigenvalue weighted by molar-refractivity contribution is 6.30. The minimum Gasteiger partial charge on any atom is -0.478 e. The summed E-state index contributed by atoms with van der Waals surface area (Å²) in [5.41, 5.74) is -1.01. The summed E-state index contributed by atoms with van der Waals surface area (Å²) < 4.78 is 5.63. The lowest BCUT2D eigenvalue weighted by Crippen LogP contribution is -2.48. The van der Waals surface area contributed by atoms with Gasteiger partial charge in [0, 0.05) is 11.6 Å². The average molecular weight is 286 g/mol. The molecular weight excluding hydrogens is 266 g/mol. The number of carbonyl (C=O) groups is 1. The van der Waals surface area contributed by atoms with Crippen LogP contribution in [-0.2, 0) is 4.79 Å². The Morgan fingerprint density at radius 2 is 2.00 bits per heavy atom. The van der Waals surface area contributed by atoms with Gasteiger partial charge in [-0.2, -0.15) is 0 Å². The minimum atomic E-state index is -1.01. The predicted molar refractivity (Wildman–Crippen MR) is 75.5 cm³/mol. The number of hydrogen-bond donors (Lipinski definition) is 2. The van der Waals surface area contributed by atoms with Gasteiger partial charge >= 0.3 is 0 Å². The summed E-state index contributed by atoms with van der Waals surface area (Å²) in [6, 6.07) is 6.81. The maximum Gasteiger partial charge on any atom is 0.263 e. The van der Waals surface area contributed by atoms with Gasteiger partial charge in [0.05, 0.1) is 6.10 Å². The van der Waals surface area contributed by atoms with Crippen molar-refractivity contribution in [2.75, 3.05) is 6.54 Å². The SMILES string of the molecule is CCC(O)CNC(=O)C(C)(C)Oc1ccc(Cl)cc1. The molecule has 0 aromatic heterocycles. The fourth-order valence-corrected chi connectivity index (χ4v) is 1.54. The van der Waals surface area contributed by atoms with Crippen molar-refractivity contribution in [1.82, 2.24) is 5.32 Å². The van der Waals surface area contributed by atoms with Gasteiger partial charge in [-0.25, -0.2) is 0 Å². The Morgan fingerprint density at radius 1 is 1.42 bits per heavy atom. The van der Waals surface area contributed by atoms with Crippen LogP contribution < -0.4 is 10.1 Å². The predicted octanol–water partition coefficient (Wildman–Crippen LogP) is 2.38. The highest BCUT2D eigenvalue weighted by atomic mass is 35.5. The average Bonchev–Trinajstić information content (AvgIpc) is 2.37. The number of nitrogens with one attached hydrogen (secondary N) is 1. The Balaban J connectivity index is 2.59. The summed E-state index contributed by atoms with van der Waals surface area (Å²) in [6.07, 6.45) is 0.0638. The quantitative estimate of drug-likeness (QED) is 0.844. The molecule has 1 atom stereocenters. The summed E-state index contributed by atoms with van der Waals surface area (Å²) in [5.74, 6) is 0.301. The van der Waals surface area contributed by atoms with Crippen molar-refractivity contribution < 1.29 is 14.6 Å². The van der Waals surface area contributed by atoms with Crippen LogP contribution in [0.25, 0.3) is 0 Å². The van der Waals surface area contributed by atoms with Crippen molar-refractivity contribution in [1.29, 1.82) is 0 Å². The van der Waals surface area contributed by atoms with E-state index in [4.69, 9.17) is 16.3 Å². The van der Waals surface area contributed by atoms with Gasteiger partial charge in [-0.1, -0.05) is 18.5 Å². The van der Waals surface area contributed by atoms with Gasteiger partial charge in [-0.05, 0) is 44.5 Å². The first kappa shape index (κ1) is 15.8. The van der Waals surface area contributed by atoms with E-state index in [9.17, 15) is 9.90 Å². The van der Waals surface area contributed by atoms with Gasteiger partial charge in [0.1, 0.15) is 5.75 Å². The van der Waals surface area contributed by atoms with Crippen LogP contribution in [-0.4, -0.2) is 29.3 Å². The van der Waals surface area contributed by atoms with Crippen molar-refractivity contribution in [3.05, 3.63) is 29.3 Å². The van der Waals surface area contributed by atoms with Gasteiger partial charge in [-0.15, -0.1) is 0 Å². The fourth-order valence-electron chi connectivity index (χ4n) is 1.41. The van der Waals surface area contributed by atoms with Crippen molar-refractivity contribution >= 4 is 17.5 Å². The molecule has 0 aliphatic rings. The zero-order chi connectivity index (χ0) is 14.5. The molecule has 19 heavy (non-hydrogen) atoms. The summed E-state index contributed by atoms with van der Waals surface area (Å²) in [7, 11) is 0. The van der Waals surface area contributed by atoms with Gasteiger partial charge in [-0.3, -0.25) is 4.79 Å². The molecular formula is C14H20ClNO3. The standard InChI is InChI=1S/C14H20ClNO3/c1-4-11(17)9-16-13(18)14(2,3)19-12-7-5-10(15)6-8-12/h5-8,11,17H,4,9H2,1-3H3,(H,16,18). The topological polar surface area (TPSA) is 58.6 Å². The third kappa shape index (κ3) is 5.09. The largest absolute Gasteiger partial charge is 0.478 e. The van der Waals surface area contributed by atoms with Crippen molar-refractivity contribution in [3.63, 3.8) is 0 Å². The van der Waals surface area contributed by atoms with E-state index in [1.165, 1.54) is 0 Å². The van der Waals surface area contributed by atoms with Crippen LogP contribution in [0.5, 0.6) is 5.75 Å². The van der Waals surface area contributed by atoms with E-state index in [0.717, 1.165) is 0 Å². The Bertz CT molecular complexity index is 417. The third-order valence-electron chi connectivity index (χ3n) is 2.70. The molecule has 0 heterocycles. The van der Waals surface area contributed by atoms with Crippen molar-refractivity contribution in [2.45, 2.75) is 38.9 Å². The number of hydrogen-bond acceptors (Lipinski definition) is 3. The molecule has 0 bridgehead atoms. The van der Waals surface area contributed by atoms with E-state index in [1.54, 1.807) is 38.1 Å². The van der Waals surface area contributed by atoms with Gasteiger partial charge in [0.2, 0.25) is 0 Å². The van der Waals surface area contributed by atoms with Crippen LogP contribution in [0.15, 0.2) is 24.3 Å². The van der Waals surface area contributed by atoms with E-state index in [1.807, 2.05) is 6.92 Å². The van der Waals surface area contributed by atoms with E-state index >= 15 is 0 Å². The monoisotopic (exact) mass is 285 g/mol. The molecule has 0 radical (unpaired) electrons. The number of rotatable bonds is 6. The van der Waals surface area contributed by atoms with Gasteiger partial charge in [0.25, 0.3) is 5.91 Å². The lowest BCUT2D eigenvalue weighted by Gasteiger charge is -2.25. The lowest BCUT2D eigenvalue weighted by atomic mass is 10.1. The molecule has 1 amide bonds. The fraction of sp³-hybridized carbons (Fsp3) is 0.500. The first-order valence-corrected chi connectivity index (χ1v) is 6.64. The van der Waals surface area contributed by atoms with Crippen LogP contribution in [0.3, 0.4) is 0 Å². The van der Waals surface area contributed by atoms with Crippen LogP contribution in [0.4, 0.5) is 0 Å². The van der Waals surface area contributed by atoms with Gasteiger partial charge < -0.3 is 15.2 Å². The van der Waals surface area contributed by atoms with Crippen LogP contribution in [0.1, 0.15) is 27.2 Å². The molecule has 2 N–H and O–H groups in total.